The maximum Gasteiger partial charge on any atom is 0.319 e. The van der Waals surface area contributed by atoms with E-state index in [4.69, 9.17) is 21.4 Å². The van der Waals surface area contributed by atoms with Gasteiger partial charge in [0.25, 0.3) is 0 Å². The molecule has 22 heavy (non-hydrogen) atoms. The molecule has 0 aliphatic carbocycles. The number of ether oxygens (including phenoxy) is 1. The van der Waals surface area contributed by atoms with Crippen molar-refractivity contribution in [3.8, 4) is 5.75 Å². The number of halogens is 1. The van der Waals surface area contributed by atoms with Gasteiger partial charge in [-0.25, -0.2) is 4.79 Å². The molecule has 0 unspecified atom stereocenters. The normalized spacial score (nSPS) is 10.1. The van der Waals surface area contributed by atoms with Gasteiger partial charge in [-0.05, 0) is 29.8 Å². The van der Waals surface area contributed by atoms with Crippen LogP contribution >= 0.6 is 11.6 Å². The van der Waals surface area contributed by atoms with E-state index in [0.29, 0.717) is 23.1 Å². The first-order chi connectivity index (χ1) is 10.7. The number of rotatable bonds is 6. The quantitative estimate of drug-likeness (QED) is 0.766. The molecule has 5 nitrogen and oxygen atoms in total. The smallest absolute Gasteiger partial charge is 0.319 e. The first-order valence-corrected chi connectivity index (χ1v) is 7.18. The summed E-state index contributed by atoms with van der Waals surface area (Å²) in [6, 6.07) is 14.1. The number of hydrogen-bond donors (Lipinski definition) is 3. The highest BCUT2D eigenvalue weighted by Crippen LogP contribution is 2.19. The topological polar surface area (TPSA) is 70.6 Å². The molecule has 6 heteroatoms. The monoisotopic (exact) mass is 320 g/mol. The van der Waals surface area contributed by atoms with Crippen LogP contribution in [0.1, 0.15) is 5.56 Å². The molecule has 116 valence electrons. The molecule has 0 atom stereocenters. The van der Waals surface area contributed by atoms with Crippen LogP contribution in [0.5, 0.6) is 5.75 Å². The second-order valence-electron chi connectivity index (χ2n) is 4.55. The van der Waals surface area contributed by atoms with Gasteiger partial charge in [0.15, 0.2) is 0 Å². The van der Waals surface area contributed by atoms with E-state index >= 15 is 0 Å². The Balaban J connectivity index is 1.90. The predicted octanol–water partition coefficient (Wildman–Crippen LogP) is 3.03. The number of aliphatic hydroxyl groups is 1. The van der Waals surface area contributed by atoms with Crippen molar-refractivity contribution in [2.24, 2.45) is 0 Å². The summed E-state index contributed by atoms with van der Waals surface area (Å²) in [5.74, 6) is 0.648. The Labute approximate surface area is 133 Å². The van der Waals surface area contributed by atoms with Crippen molar-refractivity contribution < 1.29 is 14.6 Å². The van der Waals surface area contributed by atoms with Gasteiger partial charge >= 0.3 is 6.03 Å². The molecule has 2 aromatic carbocycles. The third-order valence-electron chi connectivity index (χ3n) is 2.81. The standard InChI is InChI=1S/C16H17ClN2O3/c17-13-6-4-12(5-7-13)11-22-15-3-1-2-14(10-15)19-16(21)18-8-9-20/h1-7,10,20H,8-9,11H2,(H2,18,19,21). The summed E-state index contributed by atoms with van der Waals surface area (Å²) in [4.78, 5) is 11.5. The number of carbonyl (C=O) groups is 1. The van der Waals surface area contributed by atoms with Gasteiger partial charge in [0.1, 0.15) is 12.4 Å². The molecule has 0 fully saturated rings. The summed E-state index contributed by atoms with van der Waals surface area (Å²) >= 11 is 5.83. The van der Waals surface area contributed by atoms with Crippen LogP contribution in [0.15, 0.2) is 48.5 Å². The zero-order chi connectivity index (χ0) is 15.8. The highest BCUT2D eigenvalue weighted by atomic mass is 35.5. The summed E-state index contributed by atoms with van der Waals surface area (Å²) in [5, 5.41) is 14.5. The van der Waals surface area contributed by atoms with Crippen LogP contribution < -0.4 is 15.4 Å². The molecule has 2 rings (SSSR count). The first-order valence-electron chi connectivity index (χ1n) is 6.80. The van der Waals surface area contributed by atoms with Gasteiger partial charge in [0.05, 0.1) is 6.61 Å². The van der Waals surface area contributed by atoms with Crippen LogP contribution in [0.25, 0.3) is 0 Å². The van der Waals surface area contributed by atoms with Gasteiger partial charge < -0.3 is 20.5 Å². The predicted molar refractivity (Wildman–Crippen MR) is 86.3 cm³/mol. The molecule has 0 spiro atoms. The van der Waals surface area contributed by atoms with Crippen LogP contribution in [-0.4, -0.2) is 24.3 Å². The Morgan fingerprint density at radius 1 is 1.18 bits per heavy atom. The van der Waals surface area contributed by atoms with Crippen LogP contribution in [0.4, 0.5) is 10.5 Å². The van der Waals surface area contributed by atoms with Crippen LogP contribution in [0.2, 0.25) is 5.02 Å². The Morgan fingerprint density at radius 3 is 2.68 bits per heavy atom. The molecule has 0 saturated carbocycles. The average Bonchev–Trinajstić information content (AvgIpc) is 2.53. The summed E-state index contributed by atoms with van der Waals surface area (Å²) in [7, 11) is 0. The summed E-state index contributed by atoms with van der Waals surface area (Å²) < 4.78 is 5.68. The second-order valence-corrected chi connectivity index (χ2v) is 4.98. The number of carbonyl (C=O) groups excluding carboxylic acids is 1. The minimum atomic E-state index is -0.371. The van der Waals surface area contributed by atoms with E-state index in [1.165, 1.54) is 0 Å². The van der Waals surface area contributed by atoms with Crippen molar-refractivity contribution in [3.63, 3.8) is 0 Å². The molecule has 3 N–H and O–H groups in total. The second kappa shape index (κ2) is 8.26. The number of benzene rings is 2. The Morgan fingerprint density at radius 2 is 1.95 bits per heavy atom. The van der Waals surface area contributed by atoms with E-state index in [1.807, 2.05) is 30.3 Å². The highest BCUT2D eigenvalue weighted by molar-refractivity contribution is 6.30. The number of urea groups is 1. The molecule has 0 saturated heterocycles. The van der Waals surface area contributed by atoms with Gasteiger partial charge in [-0.15, -0.1) is 0 Å². The zero-order valence-electron chi connectivity index (χ0n) is 11.9. The third-order valence-corrected chi connectivity index (χ3v) is 3.06. The SMILES string of the molecule is O=C(NCCO)Nc1cccc(OCc2ccc(Cl)cc2)c1. The largest absolute Gasteiger partial charge is 0.489 e. The highest BCUT2D eigenvalue weighted by Gasteiger charge is 2.02. The van der Waals surface area contributed by atoms with E-state index < -0.39 is 0 Å². The minimum absolute atomic E-state index is 0.0995. The lowest BCUT2D eigenvalue weighted by Crippen LogP contribution is -2.30. The molecule has 2 aromatic rings. The Kier molecular flexibility index (Phi) is 6.06. The van der Waals surface area contributed by atoms with Crippen molar-refractivity contribution in [3.05, 3.63) is 59.1 Å². The van der Waals surface area contributed by atoms with E-state index in [1.54, 1.807) is 18.2 Å². The van der Waals surface area contributed by atoms with Crippen molar-refractivity contribution in [2.45, 2.75) is 6.61 Å². The van der Waals surface area contributed by atoms with Gasteiger partial charge in [0, 0.05) is 23.3 Å². The first kappa shape index (κ1) is 16.1. The van der Waals surface area contributed by atoms with Crippen molar-refractivity contribution in [2.75, 3.05) is 18.5 Å². The summed E-state index contributed by atoms with van der Waals surface area (Å²) in [6.45, 7) is 0.521. The number of nitrogens with one attached hydrogen (secondary N) is 2. The van der Waals surface area contributed by atoms with Crippen LogP contribution in [0.3, 0.4) is 0 Å². The number of anilines is 1. The number of amides is 2. The van der Waals surface area contributed by atoms with Gasteiger partial charge in [-0.1, -0.05) is 29.8 Å². The molecule has 2 amide bonds. The van der Waals surface area contributed by atoms with E-state index in [9.17, 15) is 4.79 Å². The summed E-state index contributed by atoms with van der Waals surface area (Å²) in [6.07, 6.45) is 0. The maximum absolute atomic E-state index is 11.5. The third kappa shape index (κ3) is 5.27. The molecule has 0 radical (unpaired) electrons. The number of hydrogen-bond acceptors (Lipinski definition) is 3. The van der Waals surface area contributed by atoms with Gasteiger partial charge in [-0.2, -0.15) is 0 Å². The van der Waals surface area contributed by atoms with Gasteiger partial charge in [0.2, 0.25) is 0 Å². The molecular formula is C16H17ClN2O3. The van der Waals surface area contributed by atoms with Crippen molar-refractivity contribution in [1.82, 2.24) is 5.32 Å². The fraction of sp³-hybridized carbons (Fsp3) is 0.188. The lowest BCUT2D eigenvalue weighted by Gasteiger charge is -2.10. The summed E-state index contributed by atoms with van der Waals surface area (Å²) in [5.41, 5.74) is 1.62. The zero-order valence-corrected chi connectivity index (χ0v) is 12.6. The maximum atomic E-state index is 11.5. The fourth-order valence-electron chi connectivity index (χ4n) is 1.76. The van der Waals surface area contributed by atoms with E-state index in [0.717, 1.165) is 5.56 Å². The molecule has 0 heterocycles. The lowest BCUT2D eigenvalue weighted by molar-refractivity contribution is 0.245. The lowest BCUT2D eigenvalue weighted by atomic mass is 10.2. The Bertz CT molecular complexity index is 617. The molecular weight excluding hydrogens is 304 g/mol. The van der Waals surface area contributed by atoms with E-state index in [2.05, 4.69) is 10.6 Å². The Hall–Kier alpha value is -2.24. The average molecular weight is 321 g/mol. The molecule has 0 aliphatic rings. The molecule has 0 bridgehead atoms. The van der Waals surface area contributed by atoms with E-state index in [-0.39, 0.29) is 19.2 Å². The van der Waals surface area contributed by atoms with Crippen LogP contribution in [-0.2, 0) is 6.61 Å². The van der Waals surface area contributed by atoms with Gasteiger partial charge in [-0.3, -0.25) is 0 Å². The minimum Gasteiger partial charge on any atom is -0.489 e. The van der Waals surface area contributed by atoms with Crippen molar-refractivity contribution >= 4 is 23.3 Å². The van der Waals surface area contributed by atoms with Crippen molar-refractivity contribution in [1.29, 1.82) is 0 Å². The van der Waals surface area contributed by atoms with Crippen LogP contribution in [0, 0.1) is 0 Å². The number of aliphatic hydroxyl groups excluding tert-OH is 1. The fourth-order valence-corrected chi connectivity index (χ4v) is 1.88. The molecule has 0 aromatic heterocycles. The molecule has 0 aliphatic heterocycles.